The van der Waals surface area contributed by atoms with Gasteiger partial charge in [0, 0.05) is 19.1 Å². The van der Waals surface area contributed by atoms with Crippen molar-refractivity contribution in [1.29, 1.82) is 0 Å². The Balaban J connectivity index is 2.66. The summed E-state index contributed by atoms with van der Waals surface area (Å²) in [4.78, 5) is 2.28. The van der Waals surface area contributed by atoms with Crippen LogP contribution in [0.1, 0.15) is 23.6 Å². The number of ether oxygens (including phenoxy) is 1. The van der Waals surface area contributed by atoms with Gasteiger partial charge in [-0.15, -0.1) is 0 Å². The number of methoxy groups -OCH3 is 1. The van der Waals surface area contributed by atoms with Crippen LogP contribution in [0.3, 0.4) is 0 Å². The summed E-state index contributed by atoms with van der Waals surface area (Å²) in [5, 5.41) is 0. The summed E-state index contributed by atoms with van der Waals surface area (Å²) >= 11 is 0. The number of benzene rings is 1. The lowest BCUT2D eigenvalue weighted by Gasteiger charge is -2.20. The zero-order valence-corrected chi connectivity index (χ0v) is 12.3. The lowest BCUT2D eigenvalue weighted by molar-refractivity contribution is 0.321. The first-order valence-corrected chi connectivity index (χ1v) is 6.53. The van der Waals surface area contributed by atoms with Gasteiger partial charge in [-0.05, 0) is 57.0 Å². The SMILES string of the molecule is COc1ccc(CCN(C)CC(C)N)c(C)c1C. The predicted octanol–water partition coefficient (Wildman–Crippen LogP) is 2.13. The van der Waals surface area contributed by atoms with Crippen LogP contribution in [0.15, 0.2) is 12.1 Å². The van der Waals surface area contributed by atoms with E-state index in [2.05, 4.69) is 37.9 Å². The minimum atomic E-state index is 0.230. The molecule has 0 radical (unpaired) electrons. The van der Waals surface area contributed by atoms with Gasteiger partial charge >= 0.3 is 0 Å². The van der Waals surface area contributed by atoms with E-state index in [1.807, 2.05) is 6.92 Å². The van der Waals surface area contributed by atoms with E-state index in [1.165, 1.54) is 16.7 Å². The van der Waals surface area contributed by atoms with E-state index in [-0.39, 0.29) is 6.04 Å². The fourth-order valence-electron chi connectivity index (χ4n) is 2.24. The second-order valence-corrected chi connectivity index (χ2v) is 5.17. The van der Waals surface area contributed by atoms with Crippen molar-refractivity contribution in [2.75, 3.05) is 27.2 Å². The van der Waals surface area contributed by atoms with Crippen molar-refractivity contribution in [3.05, 3.63) is 28.8 Å². The quantitative estimate of drug-likeness (QED) is 0.840. The van der Waals surface area contributed by atoms with Crippen LogP contribution in [0.4, 0.5) is 0 Å². The van der Waals surface area contributed by atoms with Crippen LogP contribution in [-0.2, 0) is 6.42 Å². The molecule has 0 amide bonds. The van der Waals surface area contributed by atoms with E-state index in [0.717, 1.165) is 25.3 Å². The molecule has 1 aromatic rings. The molecule has 0 saturated carbocycles. The lowest BCUT2D eigenvalue weighted by Crippen LogP contribution is -2.34. The first-order valence-electron chi connectivity index (χ1n) is 6.53. The van der Waals surface area contributed by atoms with Gasteiger partial charge in [0.1, 0.15) is 5.75 Å². The van der Waals surface area contributed by atoms with E-state index in [9.17, 15) is 0 Å². The van der Waals surface area contributed by atoms with Crippen molar-refractivity contribution in [3.63, 3.8) is 0 Å². The van der Waals surface area contributed by atoms with Crippen molar-refractivity contribution in [1.82, 2.24) is 4.90 Å². The lowest BCUT2D eigenvalue weighted by atomic mass is 10.00. The molecule has 1 rings (SSSR count). The van der Waals surface area contributed by atoms with Crippen LogP contribution in [0, 0.1) is 13.8 Å². The highest BCUT2D eigenvalue weighted by atomic mass is 16.5. The highest BCUT2D eigenvalue weighted by Gasteiger charge is 2.08. The van der Waals surface area contributed by atoms with Crippen molar-refractivity contribution in [2.45, 2.75) is 33.2 Å². The number of hydrogen-bond acceptors (Lipinski definition) is 3. The number of nitrogens with zero attached hydrogens (tertiary/aromatic N) is 1. The van der Waals surface area contributed by atoms with Gasteiger partial charge in [0.25, 0.3) is 0 Å². The molecule has 0 aliphatic rings. The second kappa shape index (κ2) is 6.76. The summed E-state index contributed by atoms with van der Waals surface area (Å²) in [5.74, 6) is 0.972. The van der Waals surface area contributed by atoms with Crippen molar-refractivity contribution < 1.29 is 4.74 Å². The van der Waals surface area contributed by atoms with Gasteiger partial charge < -0.3 is 15.4 Å². The van der Waals surface area contributed by atoms with E-state index in [4.69, 9.17) is 10.5 Å². The van der Waals surface area contributed by atoms with E-state index in [1.54, 1.807) is 7.11 Å². The zero-order valence-electron chi connectivity index (χ0n) is 12.3. The van der Waals surface area contributed by atoms with Crippen LogP contribution in [-0.4, -0.2) is 38.2 Å². The van der Waals surface area contributed by atoms with Crippen molar-refractivity contribution in [3.8, 4) is 5.75 Å². The molecule has 0 aromatic heterocycles. The van der Waals surface area contributed by atoms with Crippen molar-refractivity contribution in [2.24, 2.45) is 5.73 Å². The van der Waals surface area contributed by atoms with Gasteiger partial charge in [-0.3, -0.25) is 0 Å². The molecule has 3 heteroatoms. The predicted molar refractivity (Wildman–Crippen MR) is 77.3 cm³/mol. The Morgan fingerprint density at radius 2 is 1.94 bits per heavy atom. The molecular formula is C15H26N2O. The molecule has 0 bridgehead atoms. The molecule has 1 atom stereocenters. The van der Waals surface area contributed by atoms with Gasteiger partial charge in [-0.2, -0.15) is 0 Å². The minimum absolute atomic E-state index is 0.230. The topological polar surface area (TPSA) is 38.5 Å². The molecule has 1 aromatic carbocycles. The fraction of sp³-hybridized carbons (Fsp3) is 0.600. The first-order chi connectivity index (χ1) is 8.45. The molecule has 0 heterocycles. The molecule has 102 valence electrons. The highest BCUT2D eigenvalue weighted by molar-refractivity contribution is 5.43. The monoisotopic (exact) mass is 250 g/mol. The normalized spacial score (nSPS) is 12.8. The average Bonchev–Trinajstić information content (AvgIpc) is 2.30. The molecular weight excluding hydrogens is 224 g/mol. The molecule has 1 unspecified atom stereocenters. The Bertz CT molecular complexity index is 388. The maximum Gasteiger partial charge on any atom is 0.122 e. The summed E-state index contributed by atoms with van der Waals surface area (Å²) in [6.07, 6.45) is 1.06. The molecule has 18 heavy (non-hydrogen) atoms. The maximum absolute atomic E-state index is 5.80. The van der Waals surface area contributed by atoms with Gasteiger partial charge in [0.15, 0.2) is 0 Å². The van der Waals surface area contributed by atoms with Crippen LogP contribution in [0.2, 0.25) is 0 Å². The van der Waals surface area contributed by atoms with Gasteiger partial charge in [-0.1, -0.05) is 6.07 Å². The Kier molecular flexibility index (Phi) is 5.63. The first kappa shape index (κ1) is 15.0. The number of likely N-dealkylation sites (N-methyl/N-ethyl adjacent to an activating group) is 1. The Morgan fingerprint density at radius 3 is 2.50 bits per heavy atom. The van der Waals surface area contributed by atoms with Gasteiger partial charge in [0.05, 0.1) is 7.11 Å². The number of rotatable bonds is 6. The molecule has 0 aliphatic carbocycles. The molecule has 0 aliphatic heterocycles. The fourth-order valence-corrected chi connectivity index (χ4v) is 2.24. The Labute approximate surface area is 111 Å². The van der Waals surface area contributed by atoms with E-state index < -0.39 is 0 Å². The summed E-state index contributed by atoms with van der Waals surface area (Å²) in [6.45, 7) is 8.30. The van der Waals surface area contributed by atoms with E-state index in [0.29, 0.717) is 0 Å². The molecule has 2 N–H and O–H groups in total. The molecule has 0 saturated heterocycles. The van der Waals surface area contributed by atoms with Crippen LogP contribution >= 0.6 is 0 Å². The number of hydrogen-bond donors (Lipinski definition) is 1. The average molecular weight is 250 g/mol. The Hall–Kier alpha value is -1.06. The maximum atomic E-state index is 5.80. The van der Waals surface area contributed by atoms with Crippen LogP contribution in [0.5, 0.6) is 5.75 Å². The third-order valence-corrected chi connectivity index (χ3v) is 3.43. The third-order valence-electron chi connectivity index (χ3n) is 3.43. The summed E-state index contributed by atoms with van der Waals surface area (Å²) in [5.41, 5.74) is 9.77. The third kappa shape index (κ3) is 4.00. The Morgan fingerprint density at radius 1 is 1.28 bits per heavy atom. The smallest absolute Gasteiger partial charge is 0.122 e. The summed E-state index contributed by atoms with van der Waals surface area (Å²) in [6, 6.07) is 4.46. The standard InChI is InChI=1S/C15H26N2O/c1-11(16)10-17(4)9-8-14-6-7-15(18-5)13(3)12(14)2/h6-7,11H,8-10,16H2,1-5H3. The van der Waals surface area contributed by atoms with E-state index >= 15 is 0 Å². The van der Waals surface area contributed by atoms with Crippen molar-refractivity contribution >= 4 is 0 Å². The van der Waals surface area contributed by atoms with Crippen LogP contribution < -0.4 is 10.5 Å². The highest BCUT2D eigenvalue weighted by Crippen LogP contribution is 2.24. The van der Waals surface area contributed by atoms with Gasteiger partial charge in [0.2, 0.25) is 0 Å². The minimum Gasteiger partial charge on any atom is -0.496 e. The molecule has 0 fully saturated rings. The van der Waals surface area contributed by atoms with Crippen LogP contribution in [0.25, 0.3) is 0 Å². The summed E-state index contributed by atoms with van der Waals surface area (Å²) in [7, 11) is 3.84. The van der Waals surface area contributed by atoms with Gasteiger partial charge in [-0.25, -0.2) is 0 Å². The largest absolute Gasteiger partial charge is 0.496 e. The zero-order chi connectivity index (χ0) is 13.7. The number of nitrogens with two attached hydrogens (primary N) is 1. The molecule has 3 nitrogen and oxygen atoms in total. The summed E-state index contributed by atoms with van der Waals surface area (Å²) < 4.78 is 5.33. The second-order valence-electron chi connectivity index (χ2n) is 5.17. The molecule has 0 spiro atoms.